The summed E-state index contributed by atoms with van der Waals surface area (Å²) in [5.41, 5.74) is 1.19. The molecule has 0 aromatic carbocycles. The third-order valence-corrected chi connectivity index (χ3v) is 3.40. The molecule has 0 spiro atoms. The molecule has 0 saturated carbocycles. The van der Waals surface area contributed by atoms with Gasteiger partial charge in [-0.05, 0) is 17.5 Å². The van der Waals surface area contributed by atoms with Crippen LogP contribution in [0, 0.1) is 0 Å². The molecule has 1 N–H and O–H groups in total. The zero-order valence-corrected chi connectivity index (χ0v) is 8.31. The molecule has 0 amide bonds. The van der Waals surface area contributed by atoms with Crippen LogP contribution < -0.4 is 0 Å². The molecule has 2 rings (SSSR count). The summed E-state index contributed by atoms with van der Waals surface area (Å²) < 4.78 is 0. The molecule has 2 nitrogen and oxygen atoms in total. The third kappa shape index (κ3) is 1.79. The first kappa shape index (κ1) is 8.47. The van der Waals surface area contributed by atoms with Gasteiger partial charge in [-0.3, -0.25) is 0 Å². The van der Waals surface area contributed by atoms with Gasteiger partial charge in [-0.1, -0.05) is 11.2 Å². The lowest BCUT2D eigenvalue weighted by atomic mass is 10.2. The minimum absolute atomic E-state index is 0.964. The van der Waals surface area contributed by atoms with E-state index in [0.29, 0.717) is 0 Å². The monoisotopic (exact) mass is 209 g/mol. The first-order valence-electron chi connectivity index (χ1n) is 3.70. The van der Waals surface area contributed by atoms with E-state index in [4.69, 9.17) is 5.21 Å². The summed E-state index contributed by atoms with van der Waals surface area (Å²) in [6.07, 6.45) is 1.45. The van der Waals surface area contributed by atoms with Crippen LogP contribution in [0.4, 0.5) is 0 Å². The van der Waals surface area contributed by atoms with Crippen LogP contribution in [0.5, 0.6) is 0 Å². The van der Waals surface area contributed by atoms with E-state index in [2.05, 4.69) is 16.6 Å². The van der Waals surface area contributed by atoms with Crippen molar-refractivity contribution >= 4 is 28.9 Å². The molecule has 0 fully saturated rings. The highest BCUT2D eigenvalue weighted by molar-refractivity contribution is 7.15. The van der Waals surface area contributed by atoms with E-state index in [0.717, 1.165) is 4.88 Å². The number of rotatable bonds is 2. The van der Waals surface area contributed by atoms with Crippen molar-refractivity contribution in [1.82, 2.24) is 0 Å². The normalized spacial score (nSPS) is 11.1. The number of thiophene rings is 2. The molecule has 0 bridgehead atoms. The molecule has 2 aromatic rings. The maximum atomic E-state index is 8.34. The lowest BCUT2D eigenvalue weighted by molar-refractivity contribution is 0.322. The lowest BCUT2D eigenvalue weighted by Gasteiger charge is -1.86. The van der Waals surface area contributed by atoms with Crippen molar-refractivity contribution in [2.45, 2.75) is 0 Å². The molecule has 0 aliphatic rings. The second kappa shape index (κ2) is 3.72. The highest BCUT2D eigenvalue weighted by Gasteiger charge is 2.01. The minimum Gasteiger partial charge on any atom is -0.411 e. The Morgan fingerprint density at radius 1 is 1.38 bits per heavy atom. The summed E-state index contributed by atoms with van der Waals surface area (Å²) in [5.74, 6) is 0. The van der Waals surface area contributed by atoms with Gasteiger partial charge in [-0.2, -0.15) is 0 Å². The molecule has 2 aromatic heterocycles. The van der Waals surface area contributed by atoms with Crippen molar-refractivity contribution in [3.05, 3.63) is 33.8 Å². The first-order valence-corrected chi connectivity index (χ1v) is 5.46. The maximum Gasteiger partial charge on any atom is 0.0833 e. The van der Waals surface area contributed by atoms with Crippen LogP contribution >= 0.6 is 22.7 Å². The average Bonchev–Trinajstić information content (AvgIpc) is 2.70. The van der Waals surface area contributed by atoms with Gasteiger partial charge in [-0.25, -0.2) is 0 Å². The van der Waals surface area contributed by atoms with Crippen LogP contribution in [0.1, 0.15) is 4.88 Å². The van der Waals surface area contributed by atoms with Crippen molar-refractivity contribution in [2.75, 3.05) is 0 Å². The largest absolute Gasteiger partial charge is 0.411 e. The van der Waals surface area contributed by atoms with E-state index in [9.17, 15) is 0 Å². The molecule has 2 heterocycles. The number of nitrogens with zero attached hydrogens (tertiary/aromatic N) is 1. The number of hydrogen-bond acceptors (Lipinski definition) is 4. The van der Waals surface area contributed by atoms with Gasteiger partial charge >= 0.3 is 0 Å². The van der Waals surface area contributed by atoms with E-state index in [1.54, 1.807) is 22.7 Å². The van der Waals surface area contributed by atoms with E-state index >= 15 is 0 Å². The fraction of sp³-hybridized carbons (Fsp3) is 0. The molecular weight excluding hydrogens is 202 g/mol. The predicted molar refractivity (Wildman–Crippen MR) is 57.0 cm³/mol. The Bertz CT molecular complexity index is 403. The molecule has 0 saturated heterocycles. The Kier molecular flexibility index (Phi) is 2.42. The molecule has 66 valence electrons. The zero-order chi connectivity index (χ0) is 9.10. The highest BCUT2D eigenvalue weighted by atomic mass is 32.1. The summed E-state index contributed by atoms with van der Waals surface area (Å²) in [7, 11) is 0. The van der Waals surface area contributed by atoms with E-state index in [-0.39, 0.29) is 0 Å². The van der Waals surface area contributed by atoms with Crippen LogP contribution in [-0.4, -0.2) is 11.4 Å². The second-order valence-electron chi connectivity index (χ2n) is 2.46. The molecule has 0 aliphatic carbocycles. The molecule has 4 heteroatoms. The summed E-state index contributed by atoms with van der Waals surface area (Å²) in [4.78, 5) is 2.21. The van der Waals surface area contributed by atoms with Gasteiger partial charge < -0.3 is 5.21 Å². The molecule has 0 atom stereocenters. The van der Waals surface area contributed by atoms with Crippen molar-refractivity contribution < 1.29 is 5.21 Å². The predicted octanol–water partition coefficient (Wildman–Crippen LogP) is 3.28. The summed E-state index contributed by atoms with van der Waals surface area (Å²) in [5, 5.41) is 15.4. The third-order valence-electron chi connectivity index (χ3n) is 1.61. The number of hydrogen-bond donors (Lipinski definition) is 1. The molecule has 0 radical (unpaired) electrons. The van der Waals surface area contributed by atoms with Crippen LogP contribution in [0.15, 0.2) is 34.1 Å². The zero-order valence-electron chi connectivity index (χ0n) is 6.68. The van der Waals surface area contributed by atoms with Gasteiger partial charge in [0.15, 0.2) is 0 Å². The number of oxime groups is 1. The van der Waals surface area contributed by atoms with E-state index in [1.165, 1.54) is 16.7 Å². The van der Waals surface area contributed by atoms with Gasteiger partial charge in [0, 0.05) is 20.7 Å². The Hall–Kier alpha value is -1.13. The maximum absolute atomic E-state index is 8.34. The van der Waals surface area contributed by atoms with Gasteiger partial charge in [-0.15, -0.1) is 22.7 Å². The topological polar surface area (TPSA) is 32.6 Å². The SMILES string of the molecule is O/N=C/c1cc(-c2cccs2)cs1. The summed E-state index contributed by atoms with van der Waals surface area (Å²) in [6.45, 7) is 0. The van der Waals surface area contributed by atoms with Gasteiger partial charge in [0.2, 0.25) is 0 Å². The van der Waals surface area contributed by atoms with Crippen molar-refractivity contribution in [3.8, 4) is 10.4 Å². The standard InChI is InChI=1S/C9H7NOS2/c11-10-5-8-4-7(6-13-8)9-2-1-3-12-9/h1-6,11H/b10-5+. The van der Waals surface area contributed by atoms with E-state index in [1.807, 2.05) is 17.5 Å². The molecule has 13 heavy (non-hydrogen) atoms. The quantitative estimate of drug-likeness (QED) is 0.459. The van der Waals surface area contributed by atoms with Crippen LogP contribution in [0.25, 0.3) is 10.4 Å². The lowest BCUT2D eigenvalue weighted by Crippen LogP contribution is -1.69. The Balaban J connectivity index is 2.33. The second-order valence-corrected chi connectivity index (χ2v) is 4.35. The first-order chi connectivity index (χ1) is 6.40. The van der Waals surface area contributed by atoms with Crippen LogP contribution in [0.2, 0.25) is 0 Å². The van der Waals surface area contributed by atoms with Crippen LogP contribution in [-0.2, 0) is 0 Å². The molecule has 0 unspecified atom stereocenters. The van der Waals surface area contributed by atoms with E-state index < -0.39 is 0 Å². The fourth-order valence-corrected chi connectivity index (χ4v) is 2.60. The van der Waals surface area contributed by atoms with Gasteiger partial charge in [0.25, 0.3) is 0 Å². The minimum atomic E-state index is 0.964. The average molecular weight is 209 g/mol. The van der Waals surface area contributed by atoms with Gasteiger partial charge in [0.05, 0.1) is 6.21 Å². The Morgan fingerprint density at radius 2 is 2.31 bits per heavy atom. The van der Waals surface area contributed by atoms with Crippen molar-refractivity contribution in [1.29, 1.82) is 0 Å². The Morgan fingerprint density at radius 3 is 3.00 bits per heavy atom. The van der Waals surface area contributed by atoms with Crippen molar-refractivity contribution in [2.24, 2.45) is 5.16 Å². The van der Waals surface area contributed by atoms with Gasteiger partial charge in [0.1, 0.15) is 0 Å². The Labute approximate surface area is 83.8 Å². The smallest absolute Gasteiger partial charge is 0.0833 e. The summed E-state index contributed by atoms with van der Waals surface area (Å²) >= 11 is 3.28. The fourth-order valence-electron chi connectivity index (χ4n) is 1.05. The molecule has 0 aliphatic heterocycles. The van der Waals surface area contributed by atoms with Crippen LogP contribution in [0.3, 0.4) is 0 Å². The molecular formula is C9H7NOS2. The summed E-state index contributed by atoms with van der Waals surface area (Å²) in [6, 6.07) is 6.11. The van der Waals surface area contributed by atoms with Crippen molar-refractivity contribution in [3.63, 3.8) is 0 Å². The highest BCUT2D eigenvalue weighted by Crippen LogP contribution is 2.28.